The van der Waals surface area contributed by atoms with Crippen molar-refractivity contribution >= 4 is 17.3 Å². The molecule has 0 aromatic heterocycles. The molecular weight excluding hydrogens is 242 g/mol. The fourth-order valence-electron chi connectivity index (χ4n) is 2.01. The van der Waals surface area contributed by atoms with Gasteiger partial charge in [-0.05, 0) is 38.1 Å². The molecule has 1 amide bonds. The number of carbonyl (C=O) groups excluding carboxylic acids is 1. The zero-order valence-corrected chi connectivity index (χ0v) is 11.5. The van der Waals surface area contributed by atoms with Gasteiger partial charge in [0.2, 0.25) is 5.91 Å². The number of hydrogen-bond donors (Lipinski definition) is 2. The van der Waals surface area contributed by atoms with E-state index in [2.05, 4.69) is 17.3 Å². The van der Waals surface area contributed by atoms with Gasteiger partial charge in [-0.25, -0.2) is 0 Å². The molecule has 1 aliphatic carbocycles. The van der Waals surface area contributed by atoms with Crippen molar-refractivity contribution < 1.29 is 9.53 Å². The summed E-state index contributed by atoms with van der Waals surface area (Å²) in [7, 11) is 3.63. The van der Waals surface area contributed by atoms with Crippen LogP contribution in [0.2, 0.25) is 0 Å². The van der Waals surface area contributed by atoms with Crippen LogP contribution in [0.5, 0.6) is 5.75 Å². The van der Waals surface area contributed by atoms with Crippen LogP contribution in [0.25, 0.3) is 0 Å². The van der Waals surface area contributed by atoms with Gasteiger partial charge < -0.3 is 20.7 Å². The molecule has 0 bridgehead atoms. The summed E-state index contributed by atoms with van der Waals surface area (Å²) in [5.41, 5.74) is 6.94. The lowest BCUT2D eigenvalue weighted by atomic mass is 10.2. The minimum Gasteiger partial charge on any atom is -0.495 e. The number of nitrogens with zero attached hydrogens (tertiary/aromatic N) is 1. The SMILES string of the molecule is COc1ccc(N)cc1NC(=O)CCN(C)C1CC1. The minimum absolute atomic E-state index is 0.0172. The van der Waals surface area contributed by atoms with E-state index in [4.69, 9.17) is 10.5 Å². The van der Waals surface area contributed by atoms with Crippen LogP contribution in [0, 0.1) is 0 Å². The third kappa shape index (κ3) is 3.86. The molecule has 0 atom stereocenters. The van der Waals surface area contributed by atoms with Gasteiger partial charge in [0.15, 0.2) is 0 Å². The molecule has 5 nitrogen and oxygen atoms in total. The summed E-state index contributed by atoms with van der Waals surface area (Å²) in [6.07, 6.45) is 2.98. The predicted molar refractivity (Wildman–Crippen MR) is 76.3 cm³/mol. The number of nitrogens with two attached hydrogens (primary N) is 1. The Balaban J connectivity index is 1.88. The average molecular weight is 263 g/mol. The molecule has 3 N–H and O–H groups in total. The molecule has 1 aromatic rings. The second-order valence-electron chi connectivity index (χ2n) is 4.97. The molecule has 19 heavy (non-hydrogen) atoms. The molecule has 0 heterocycles. The van der Waals surface area contributed by atoms with E-state index >= 15 is 0 Å². The van der Waals surface area contributed by atoms with Crippen LogP contribution in [0.15, 0.2) is 18.2 Å². The van der Waals surface area contributed by atoms with Gasteiger partial charge in [-0.2, -0.15) is 0 Å². The zero-order valence-electron chi connectivity index (χ0n) is 11.5. The summed E-state index contributed by atoms with van der Waals surface area (Å²) in [5.74, 6) is 0.606. The van der Waals surface area contributed by atoms with Crippen molar-refractivity contribution in [2.75, 3.05) is 31.8 Å². The Morgan fingerprint density at radius 3 is 2.89 bits per heavy atom. The van der Waals surface area contributed by atoms with E-state index in [-0.39, 0.29) is 5.91 Å². The van der Waals surface area contributed by atoms with Crippen molar-refractivity contribution in [3.05, 3.63) is 18.2 Å². The van der Waals surface area contributed by atoms with Crippen molar-refractivity contribution in [3.8, 4) is 5.75 Å². The maximum atomic E-state index is 11.9. The number of anilines is 2. The Morgan fingerprint density at radius 1 is 1.53 bits per heavy atom. The molecule has 0 spiro atoms. The minimum atomic E-state index is -0.0172. The van der Waals surface area contributed by atoms with E-state index in [1.165, 1.54) is 12.8 Å². The number of amides is 1. The number of hydrogen-bond acceptors (Lipinski definition) is 4. The lowest BCUT2D eigenvalue weighted by Gasteiger charge is -2.15. The quantitative estimate of drug-likeness (QED) is 0.767. The van der Waals surface area contributed by atoms with E-state index in [0.717, 1.165) is 6.54 Å². The second kappa shape index (κ2) is 5.93. The van der Waals surface area contributed by atoms with Crippen molar-refractivity contribution in [1.29, 1.82) is 0 Å². The highest BCUT2D eigenvalue weighted by atomic mass is 16.5. The molecule has 0 aliphatic heterocycles. The number of benzene rings is 1. The van der Waals surface area contributed by atoms with Crippen molar-refractivity contribution in [3.63, 3.8) is 0 Å². The number of methoxy groups -OCH3 is 1. The number of ether oxygens (including phenoxy) is 1. The maximum Gasteiger partial charge on any atom is 0.225 e. The van der Waals surface area contributed by atoms with E-state index in [1.54, 1.807) is 25.3 Å². The zero-order chi connectivity index (χ0) is 13.8. The topological polar surface area (TPSA) is 67.6 Å². The Hall–Kier alpha value is -1.75. The Bertz CT molecular complexity index is 458. The normalized spacial score (nSPS) is 14.5. The summed E-state index contributed by atoms with van der Waals surface area (Å²) in [6, 6.07) is 5.88. The lowest BCUT2D eigenvalue weighted by molar-refractivity contribution is -0.116. The smallest absolute Gasteiger partial charge is 0.225 e. The van der Waals surface area contributed by atoms with E-state index < -0.39 is 0 Å². The number of carbonyl (C=O) groups is 1. The fourth-order valence-corrected chi connectivity index (χ4v) is 2.01. The van der Waals surface area contributed by atoms with Crippen LogP contribution in [-0.4, -0.2) is 37.6 Å². The molecule has 0 unspecified atom stereocenters. The largest absolute Gasteiger partial charge is 0.495 e. The molecule has 1 aromatic carbocycles. The number of rotatable bonds is 6. The first-order valence-electron chi connectivity index (χ1n) is 6.53. The van der Waals surface area contributed by atoms with E-state index in [0.29, 0.717) is 29.6 Å². The third-order valence-corrected chi connectivity index (χ3v) is 3.36. The van der Waals surface area contributed by atoms with Gasteiger partial charge in [0, 0.05) is 24.7 Å². The number of nitrogen functional groups attached to an aromatic ring is 1. The summed E-state index contributed by atoms with van der Waals surface area (Å²) in [5, 5.41) is 2.85. The van der Waals surface area contributed by atoms with Crippen molar-refractivity contribution in [1.82, 2.24) is 4.90 Å². The van der Waals surface area contributed by atoms with Crippen LogP contribution >= 0.6 is 0 Å². The first kappa shape index (κ1) is 13.7. The predicted octanol–water partition coefficient (Wildman–Crippen LogP) is 1.70. The van der Waals surface area contributed by atoms with Gasteiger partial charge in [0.1, 0.15) is 5.75 Å². The Labute approximate surface area is 113 Å². The summed E-state index contributed by atoms with van der Waals surface area (Å²) >= 11 is 0. The van der Waals surface area contributed by atoms with Gasteiger partial charge in [-0.3, -0.25) is 4.79 Å². The highest BCUT2D eigenvalue weighted by molar-refractivity contribution is 5.93. The second-order valence-corrected chi connectivity index (χ2v) is 4.97. The van der Waals surface area contributed by atoms with Crippen LogP contribution in [0.4, 0.5) is 11.4 Å². The Morgan fingerprint density at radius 2 is 2.26 bits per heavy atom. The van der Waals surface area contributed by atoms with Gasteiger partial charge in [0.25, 0.3) is 0 Å². The van der Waals surface area contributed by atoms with Crippen LogP contribution in [0.1, 0.15) is 19.3 Å². The van der Waals surface area contributed by atoms with Gasteiger partial charge in [-0.1, -0.05) is 0 Å². The molecule has 1 aliphatic rings. The fraction of sp³-hybridized carbons (Fsp3) is 0.500. The maximum absolute atomic E-state index is 11.9. The highest BCUT2D eigenvalue weighted by Crippen LogP contribution is 2.27. The monoisotopic (exact) mass is 263 g/mol. The van der Waals surface area contributed by atoms with Crippen LogP contribution < -0.4 is 15.8 Å². The molecule has 1 fully saturated rings. The van der Waals surface area contributed by atoms with Crippen LogP contribution in [0.3, 0.4) is 0 Å². The van der Waals surface area contributed by atoms with E-state index in [1.807, 2.05) is 0 Å². The number of nitrogens with one attached hydrogen (secondary N) is 1. The van der Waals surface area contributed by atoms with E-state index in [9.17, 15) is 4.79 Å². The molecule has 104 valence electrons. The van der Waals surface area contributed by atoms with Gasteiger partial charge in [0.05, 0.1) is 12.8 Å². The Kier molecular flexibility index (Phi) is 4.27. The van der Waals surface area contributed by atoms with Crippen LogP contribution in [-0.2, 0) is 4.79 Å². The van der Waals surface area contributed by atoms with Crippen molar-refractivity contribution in [2.45, 2.75) is 25.3 Å². The highest BCUT2D eigenvalue weighted by Gasteiger charge is 2.26. The third-order valence-electron chi connectivity index (χ3n) is 3.36. The molecule has 0 radical (unpaired) electrons. The molecule has 0 saturated heterocycles. The van der Waals surface area contributed by atoms with Crippen molar-refractivity contribution in [2.24, 2.45) is 0 Å². The van der Waals surface area contributed by atoms with Gasteiger partial charge in [-0.15, -0.1) is 0 Å². The molecule has 2 rings (SSSR count). The first-order valence-corrected chi connectivity index (χ1v) is 6.53. The summed E-state index contributed by atoms with van der Waals surface area (Å²) in [4.78, 5) is 14.1. The molecular formula is C14H21N3O2. The summed E-state index contributed by atoms with van der Waals surface area (Å²) in [6.45, 7) is 0.779. The summed E-state index contributed by atoms with van der Waals surface area (Å²) < 4.78 is 5.19. The molecule has 1 saturated carbocycles. The first-order chi connectivity index (χ1) is 9.10. The van der Waals surface area contributed by atoms with Gasteiger partial charge >= 0.3 is 0 Å². The average Bonchev–Trinajstić information content (AvgIpc) is 3.20. The molecule has 5 heteroatoms. The standard InChI is InChI=1S/C14H21N3O2/c1-17(11-4-5-11)8-7-14(18)16-12-9-10(15)3-6-13(12)19-2/h3,6,9,11H,4-5,7-8,15H2,1-2H3,(H,16,18). The lowest BCUT2D eigenvalue weighted by Crippen LogP contribution is -2.26.